The molecule has 0 saturated heterocycles. The van der Waals surface area contributed by atoms with Gasteiger partial charge in [-0.25, -0.2) is 0 Å². The molecule has 0 radical (unpaired) electrons. The summed E-state index contributed by atoms with van der Waals surface area (Å²) >= 11 is 5.24. The average Bonchev–Trinajstić information content (AvgIpc) is 2.52. The smallest absolute Gasteiger partial charge is 0.262 e. The Bertz CT molecular complexity index is 971. The number of aromatic carboxylic acids is 1. The molecule has 0 unspecified atom stereocenters. The van der Waals surface area contributed by atoms with E-state index in [1.54, 1.807) is 30.3 Å². The lowest BCUT2D eigenvalue weighted by molar-refractivity contribution is -0.255. The molecule has 0 bridgehead atoms. The van der Waals surface area contributed by atoms with Crippen molar-refractivity contribution in [3.8, 4) is 0 Å². The zero-order chi connectivity index (χ0) is 15.7. The minimum Gasteiger partial charge on any atom is -0.545 e. The van der Waals surface area contributed by atoms with Crippen LogP contribution >= 0.6 is 12.2 Å². The number of carbonyl (C=O) groups is 1. The molecule has 3 aromatic rings. The fourth-order valence-electron chi connectivity index (χ4n) is 2.27. The zero-order valence-electron chi connectivity index (χ0n) is 11.4. The first-order valence-corrected chi connectivity index (χ1v) is 6.99. The Morgan fingerprint density at radius 3 is 2.50 bits per heavy atom. The molecular formula is C16H11N2O3S-. The number of para-hydroxylation sites is 1. The largest absolute Gasteiger partial charge is 0.545 e. The predicted octanol–water partition coefficient (Wildman–Crippen LogP) is 1.47. The number of carboxylic acid groups (broad SMARTS) is 1. The van der Waals surface area contributed by atoms with Gasteiger partial charge < -0.3 is 14.9 Å². The minimum atomic E-state index is -1.23. The lowest BCUT2D eigenvalue weighted by Gasteiger charge is -2.09. The molecule has 2 aromatic carbocycles. The van der Waals surface area contributed by atoms with Crippen LogP contribution in [0.1, 0.15) is 15.9 Å². The van der Waals surface area contributed by atoms with Crippen LogP contribution in [0.5, 0.6) is 0 Å². The minimum absolute atomic E-state index is 0.0970. The van der Waals surface area contributed by atoms with Gasteiger partial charge in [-0.05, 0) is 35.5 Å². The second kappa shape index (κ2) is 5.57. The van der Waals surface area contributed by atoms with E-state index in [4.69, 9.17) is 12.2 Å². The van der Waals surface area contributed by atoms with Gasteiger partial charge in [0.25, 0.3) is 5.56 Å². The summed E-state index contributed by atoms with van der Waals surface area (Å²) in [4.78, 5) is 26.3. The highest BCUT2D eigenvalue weighted by Gasteiger charge is 2.06. The molecule has 1 N–H and O–H groups in total. The fraction of sp³-hybridized carbons (Fsp3) is 0.0625. The van der Waals surface area contributed by atoms with Gasteiger partial charge >= 0.3 is 0 Å². The summed E-state index contributed by atoms with van der Waals surface area (Å²) in [5, 5.41) is 11.3. The van der Waals surface area contributed by atoms with E-state index in [2.05, 4.69) is 4.98 Å². The second-order valence-corrected chi connectivity index (χ2v) is 5.24. The number of rotatable bonds is 3. The second-order valence-electron chi connectivity index (χ2n) is 4.85. The molecule has 0 fully saturated rings. The molecule has 0 atom stereocenters. The number of aromatic amines is 1. The number of nitrogens with one attached hydrogen (secondary N) is 1. The molecule has 0 amide bonds. The van der Waals surface area contributed by atoms with Crippen molar-refractivity contribution in [3.63, 3.8) is 0 Å². The van der Waals surface area contributed by atoms with E-state index in [0.717, 1.165) is 5.56 Å². The maximum Gasteiger partial charge on any atom is 0.262 e. The number of nitrogens with zero attached hydrogens (tertiary/aromatic N) is 1. The highest BCUT2D eigenvalue weighted by Crippen LogP contribution is 2.09. The van der Waals surface area contributed by atoms with E-state index < -0.39 is 5.97 Å². The number of hydrogen-bond donors (Lipinski definition) is 1. The van der Waals surface area contributed by atoms with Gasteiger partial charge in [0.05, 0.1) is 23.4 Å². The van der Waals surface area contributed by atoms with Gasteiger partial charge in [-0.2, -0.15) is 0 Å². The molecule has 1 aromatic heterocycles. The van der Waals surface area contributed by atoms with E-state index in [-0.39, 0.29) is 17.7 Å². The first-order valence-electron chi connectivity index (χ1n) is 6.58. The Hall–Kier alpha value is -2.73. The fourth-order valence-corrected chi connectivity index (χ4v) is 2.53. The Labute approximate surface area is 130 Å². The highest BCUT2D eigenvalue weighted by molar-refractivity contribution is 7.71. The summed E-state index contributed by atoms with van der Waals surface area (Å²) in [5.41, 5.74) is 1.39. The van der Waals surface area contributed by atoms with Crippen molar-refractivity contribution in [2.45, 2.75) is 6.54 Å². The van der Waals surface area contributed by atoms with Crippen LogP contribution in [0.3, 0.4) is 0 Å². The van der Waals surface area contributed by atoms with Crippen molar-refractivity contribution in [1.29, 1.82) is 0 Å². The predicted molar refractivity (Wildman–Crippen MR) is 83.3 cm³/mol. The lowest BCUT2D eigenvalue weighted by Crippen LogP contribution is -2.23. The van der Waals surface area contributed by atoms with Crippen LogP contribution in [0.4, 0.5) is 0 Å². The normalized spacial score (nSPS) is 10.7. The SMILES string of the molecule is O=C([O-])c1ccc(Cn2c(=S)[nH]c3ccccc3c2=O)cc1. The molecule has 0 saturated carbocycles. The van der Waals surface area contributed by atoms with Gasteiger partial charge in [0.1, 0.15) is 0 Å². The number of hydrogen-bond acceptors (Lipinski definition) is 4. The summed E-state index contributed by atoms with van der Waals surface area (Å²) < 4.78 is 1.78. The van der Waals surface area contributed by atoms with E-state index in [0.29, 0.717) is 15.7 Å². The van der Waals surface area contributed by atoms with Gasteiger partial charge in [-0.15, -0.1) is 0 Å². The molecule has 0 aliphatic rings. The van der Waals surface area contributed by atoms with Crippen molar-refractivity contribution in [2.24, 2.45) is 0 Å². The monoisotopic (exact) mass is 311 g/mol. The third kappa shape index (κ3) is 2.56. The molecule has 5 nitrogen and oxygen atoms in total. The van der Waals surface area contributed by atoms with Crippen LogP contribution in [0.2, 0.25) is 0 Å². The third-order valence-corrected chi connectivity index (χ3v) is 3.74. The first-order chi connectivity index (χ1) is 10.6. The van der Waals surface area contributed by atoms with Crippen LogP contribution in [0, 0.1) is 4.77 Å². The maximum atomic E-state index is 12.5. The third-order valence-electron chi connectivity index (χ3n) is 3.42. The molecule has 110 valence electrons. The van der Waals surface area contributed by atoms with Gasteiger partial charge in [-0.3, -0.25) is 9.36 Å². The summed E-state index contributed by atoms with van der Waals surface area (Å²) in [6, 6.07) is 13.3. The molecule has 22 heavy (non-hydrogen) atoms. The standard InChI is InChI=1S/C16H12N2O3S/c19-14-12-3-1-2-4-13(12)17-16(22)18(14)9-10-5-7-11(8-6-10)15(20)21/h1-8H,9H2,(H,17,22)(H,20,21)/p-1. The number of carbonyl (C=O) groups excluding carboxylic acids is 1. The summed E-state index contributed by atoms with van der Waals surface area (Å²) in [5.74, 6) is -1.23. The molecule has 1 heterocycles. The topological polar surface area (TPSA) is 77.9 Å². The van der Waals surface area contributed by atoms with E-state index in [9.17, 15) is 14.7 Å². The van der Waals surface area contributed by atoms with Crippen LogP contribution in [-0.4, -0.2) is 15.5 Å². The zero-order valence-corrected chi connectivity index (χ0v) is 12.2. The van der Waals surface area contributed by atoms with Crippen LogP contribution < -0.4 is 10.7 Å². The number of H-pyrrole nitrogens is 1. The summed E-state index contributed by atoms with van der Waals surface area (Å²) in [6.45, 7) is 0.270. The van der Waals surface area contributed by atoms with Crippen molar-refractivity contribution >= 4 is 29.1 Å². The molecule has 3 rings (SSSR count). The van der Waals surface area contributed by atoms with Crippen molar-refractivity contribution in [1.82, 2.24) is 9.55 Å². The van der Waals surface area contributed by atoms with Crippen molar-refractivity contribution in [2.75, 3.05) is 0 Å². The molecule has 0 aliphatic carbocycles. The number of benzene rings is 2. The molecule has 6 heteroatoms. The van der Waals surface area contributed by atoms with Crippen LogP contribution in [-0.2, 0) is 6.54 Å². The van der Waals surface area contributed by atoms with E-state index in [1.165, 1.54) is 16.7 Å². The maximum absolute atomic E-state index is 12.5. The quantitative estimate of drug-likeness (QED) is 0.743. The van der Waals surface area contributed by atoms with E-state index >= 15 is 0 Å². The van der Waals surface area contributed by atoms with Crippen LogP contribution in [0.15, 0.2) is 53.3 Å². The molecule has 0 aliphatic heterocycles. The van der Waals surface area contributed by atoms with Gasteiger partial charge in [0, 0.05) is 0 Å². The van der Waals surface area contributed by atoms with Crippen molar-refractivity contribution in [3.05, 3.63) is 74.8 Å². The van der Waals surface area contributed by atoms with Gasteiger partial charge in [0.15, 0.2) is 4.77 Å². The number of carboxylic acids is 1. The molecular weight excluding hydrogens is 300 g/mol. The first kappa shape index (κ1) is 14.2. The Morgan fingerprint density at radius 1 is 1.14 bits per heavy atom. The Morgan fingerprint density at radius 2 is 1.82 bits per heavy atom. The summed E-state index contributed by atoms with van der Waals surface area (Å²) in [7, 11) is 0. The Balaban J connectivity index is 2.05. The average molecular weight is 311 g/mol. The summed E-state index contributed by atoms with van der Waals surface area (Å²) in [6.07, 6.45) is 0. The van der Waals surface area contributed by atoms with Gasteiger partial charge in [0.2, 0.25) is 0 Å². The van der Waals surface area contributed by atoms with E-state index in [1.807, 2.05) is 6.07 Å². The number of aromatic nitrogens is 2. The number of fused-ring (bicyclic) bond motifs is 1. The van der Waals surface area contributed by atoms with Crippen LogP contribution in [0.25, 0.3) is 10.9 Å². The highest BCUT2D eigenvalue weighted by atomic mass is 32.1. The van der Waals surface area contributed by atoms with Gasteiger partial charge in [-0.1, -0.05) is 36.4 Å². The lowest BCUT2D eigenvalue weighted by atomic mass is 10.1. The van der Waals surface area contributed by atoms with Crippen molar-refractivity contribution < 1.29 is 9.90 Å². The molecule has 0 spiro atoms. The Kier molecular flexibility index (Phi) is 3.60.